The molecule has 0 aromatic heterocycles. The third-order valence-electron chi connectivity index (χ3n) is 6.07. The van der Waals surface area contributed by atoms with Crippen molar-refractivity contribution in [2.45, 2.75) is 32.4 Å². The van der Waals surface area contributed by atoms with E-state index in [0.29, 0.717) is 43.5 Å². The zero-order valence-electron chi connectivity index (χ0n) is 20.0. The highest BCUT2D eigenvalue weighted by molar-refractivity contribution is 5.96. The number of carbonyl (C=O) groups is 3. The number of likely N-dealkylation sites (tertiary alicyclic amines) is 1. The van der Waals surface area contributed by atoms with Crippen LogP contribution < -0.4 is 5.32 Å². The van der Waals surface area contributed by atoms with Crippen molar-refractivity contribution in [3.05, 3.63) is 65.7 Å². The zero-order valence-corrected chi connectivity index (χ0v) is 20.0. The Balaban J connectivity index is 1.22. The Kier molecular flexibility index (Phi) is 6.88. The molecule has 0 aliphatic carbocycles. The number of anilines is 1. The molecule has 180 valence electrons. The van der Waals surface area contributed by atoms with Crippen LogP contribution in [0.2, 0.25) is 0 Å². The summed E-state index contributed by atoms with van der Waals surface area (Å²) < 4.78 is 5.24. The molecule has 2 aliphatic heterocycles. The number of benzene rings is 2. The maximum absolute atomic E-state index is 12.8. The summed E-state index contributed by atoms with van der Waals surface area (Å²) in [6, 6.07) is 16.6. The Morgan fingerprint density at radius 3 is 1.94 bits per heavy atom. The lowest BCUT2D eigenvalue weighted by Gasteiger charge is -2.48. The van der Waals surface area contributed by atoms with Gasteiger partial charge in [0.25, 0.3) is 11.8 Å². The molecule has 34 heavy (non-hydrogen) atoms. The van der Waals surface area contributed by atoms with Gasteiger partial charge in [-0.25, -0.2) is 4.79 Å². The van der Waals surface area contributed by atoms with E-state index < -0.39 is 11.7 Å². The molecule has 2 aromatic carbocycles. The lowest BCUT2D eigenvalue weighted by molar-refractivity contribution is 0.00853. The number of hydrogen-bond donors (Lipinski definition) is 1. The van der Waals surface area contributed by atoms with E-state index in [0.717, 1.165) is 18.7 Å². The van der Waals surface area contributed by atoms with Gasteiger partial charge in [0.15, 0.2) is 0 Å². The summed E-state index contributed by atoms with van der Waals surface area (Å²) in [7, 11) is 0. The first-order chi connectivity index (χ1) is 16.2. The number of nitrogens with zero attached hydrogens (tertiary/aromatic N) is 3. The average Bonchev–Trinajstić information content (AvgIpc) is 2.78. The molecule has 0 saturated carbocycles. The fourth-order valence-electron chi connectivity index (χ4n) is 4.21. The van der Waals surface area contributed by atoms with Crippen LogP contribution in [0.5, 0.6) is 0 Å². The van der Waals surface area contributed by atoms with E-state index in [4.69, 9.17) is 4.74 Å². The third-order valence-corrected chi connectivity index (χ3v) is 6.07. The number of piperazine rings is 1. The Morgan fingerprint density at radius 2 is 1.35 bits per heavy atom. The molecule has 2 heterocycles. The molecular weight excluding hydrogens is 432 g/mol. The summed E-state index contributed by atoms with van der Waals surface area (Å²) in [6.45, 7) is 9.81. The van der Waals surface area contributed by atoms with Gasteiger partial charge in [0.2, 0.25) is 0 Å². The second kappa shape index (κ2) is 9.85. The summed E-state index contributed by atoms with van der Waals surface area (Å²) in [4.78, 5) is 43.4. The molecule has 8 nitrogen and oxygen atoms in total. The van der Waals surface area contributed by atoms with Crippen molar-refractivity contribution >= 4 is 23.6 Å². The minimum atomic E-state index is -0.571. The van der Waals surface area contributed by atoms with Crippen LogP contribution in [0.4, 0.5) is 10.5 Å². The van der Waals surface area contributed by atoms with Crippen LogP contribution in [0, 0.1) is 0 Å². The van der Waals surface area contributed by atoms with Gasteiger partial charge in [-0.2, -0.15) is 0 Å². The van der Waals surface area contributed by atoms with Crippen molar-refractivity contribution in [3.8, 4) is 0 Å². The second-order valence-corrected chi connectivity index (χ2v) is 9.76. The predicted octanol–water partition coefficient (Wildman–Crippen LogP) is 3.32. The molecule has 0 spiro atoms. The number of amides is 3. The van der Waals surface area contributed by atoms with E-state index in [1.165, 1.54) is 0 Å². The lowest BCUT2D eigenvalue weighted by atomic mass is 10.0. The van der Waals surface area contributed by atoms with Crippen LogP contribution >= 0.6 is 0 Å². The van der Waals surface area contributed by atoms with Crippen LogP contribution in [0.15, 0.2) is 54.6 Å². The summed E-state index contributed by atoms with van der Waals surface area (Å²) in [5, 5.41) is 2.67. The highest BCUT2D eigenvalue weighted by Crippen LogP contribution is 2.21. The molecule has 2 aliphatic rings. The number of hydrogen-bond acceptors (Lipinski definition) is 5. The molecule has 0 atom stereocenters. The maximum Gasteiger partial charge on any atom is 0.412 e. The molecule has 0 bridgehead atoms. The summed E-state index contributed by atoms with van der Waals surface area (Å²) in [6.07, 6.45) is -0.525. The average molecular weight is 465 g/mol. The maximum atomic E-state index is 12.8. The second-order valence-electron chi connectivity index (χ2n) is 9.76. The molecule has 0 radical (unpaired) electrons. The van der Waals surface area contributed by atoms with Gasteiger partial charge in [0.05, 0.1) is 0 Å². The number of nitrogens with one attached hydrogen (secondary N) is 1. The molecule has 2 aromatic rings. The van der Waals surface area contributed by atoms with Crippen LogP contribution in [0.25, 0.3) is 0 Å². The summed E-state index contributed by atoms with van der Waals surface area (Å²) in [5.41, 5.74) is 1.32. The molecular formula is C26H32N4O4. The van der Waals surface area contributed by atoms with E-state index >= 15 is 0 Å². The van der Waals surface area contributed by atoms with Gasteiger partial charge in [-0.05, 0) is 57.2 Å². The Labute approximate surface area is 200 Å². The largest absolute Gasteiger partial charge is 0.444 e. The van der Waals surface area contributed by atoms with Crippen molar-refractivity contribution in [3.63, 3.8) is 0 Å². The normalized spacial score (nSPS) is 17.1. The van der Waals surface area contributed by atoms with E-state index in [1.807, 2.05) is 40.1 Å². The van der Waals surface area contributed by atoms with Crippen LogP contribution in [-0.2, 0) is 4.74 Å². The lowest BCUT2D eigenvalue weighted by Crippen LogP contribution is -2.64. The van der Waals surface area contributed by atoms with Gasteiger partial charge in [-0.3, -0.25) is 19.8 Å². The highest BCUT2D eigenvalue weighted by atomic mass is 16.6. The third kappa shape index (κ3) is 5.75. The molecule has 0 unspecified atom stereocenters. The Bertz CT molecular complexity index is 1020. The van der Waals surface area contributed by atoms with Crippen LogP contribution in [-0.4, -0.2) is 83.5 Å². The van der Waals surface area contributed by atoms with Crippen LogP contribution in [0.3, 0.4) is 0 Å². The number of rotatable bonds is 4. The first kappa shape index (κ1) is 23.8. The van der Waals surface area contributed by atoms with E-state index in [-0.39, 0.29) is 11.8 Å². The van der Waals surface area contributed by atoms with Gasteiger partial charge in [-0.15, -0.1) is 0 Å². The van der Waals surface area contributed by atoms with Gasteiger partial charge >= 0.3 is 6.09 Å². The van der Waals surface area contributed by atoms with E-state index in [1.54, 1.807) is 45.0 Å². The quantitative estimate of drug-likeness (QED) is 0.751. The number of ether oxygens (including phenoxy) is 1. The Hall–Kier alpha value is -3.39. The topological polar surface area (TPSA) is 82.2 Å². The zero-order chi connectivity index (χ0) is 24.3. The van der Waals surface area contributed by atoms with E-state index in [2.05, 4.69) is 10.2 Å². The Morgan fingerprint density at radius 1 is 0.794 bits per heavy atom. The molecule has 8 heteroatoms. The first-order valence-corrected chi connectivity index (χ1v) is 11.7. The van der Waals surface area contributed by atoms with Crippen molar-refractivity contribution in [1.29, 1.82) is 0 Å². The van der Waals surface area contributed by atoms with Crippen molar-refractivity contribution in [2.75, 3.05) is 44.6 Å². The summed E-state index contributed by atoms with van der Waals surface area (Å²) in [5.74, 6) is 0.0632. The standard InChI is InChI=1S/C26H32N4O4/c1-26(2,3)34-25(33)27-21-11-9-20(10-12-21)24(32)30-17-22(18-30)28-13-15-29(16-14-28)23(31)19-7-5-4-6-8-19/h4-12,22H,13-18H2,1-3H3,(H,27,33). The van der Waals surface area contributed by atoms with Gasteiger partial charge in [0.1, 0.15) is 5.60 Å². The molecule has 2 fully saturated rings. The monoisotopic (exact) mass is 464 g/mol. The van der Waals surface area contributed by atoms with Crippen molar-refractivity contribution in [2.24, 2.45) is 0 Å². The first-order valence-electron chi connectivity index (χ1n) is 11.7. The molecule has 1 N–H and O–H groups in total. The molecule has 3 amide bonds. The van der Waals surface area contributed by atoms with Gasteiger partial charge in [-0.1, -0.05) is 18.2 Å². The fraction of sp³-hybridized carbons (Fsp3) is 0.423. The van der Waals surface area contributed by atoms with Crippen molar-refractivity contribution < 1.29 is 19.1 Å². The van der Waals surface area contributed by atoms with Gasteiger partial charge < -0.3 is 14.5 Å². The number of carbonyl (C=O) groups excluding carboxylic acids is 3. The van der Waals surface area contributed by atoms with Crippen LogP contribution in [0.1, 0.15) is 41.5 Å². The molecule has 2 saturated heterocycles. The van der Waals surface area contributed by atoms with Gasteiger partial charge in [0, 0.05) is 62.1 Å². The highest BCUT2D eigenvalue weighted by Gasteiger charge is 2.37. The summed E-state index contributed by atoms with van der Waals surface area (Å²) >= 11 is 0. The predicted molar refractivity (Wildman–Crippen MR) is 130 cm³/mol. The minimum Gasteiger partial charge on any atom is -0.444 e. The SMILES string of the molecule is CC(C)(C)OC(=O)Nc1ccc(C(=O)N2CC(N3CCN(C(=O)c4ccccc4)CC3)C2)cc1. The van der Waals surface area contributed by atoms with Crippen molar-refractivity contribution in [1.82, 2.24) is 14.7 Å². The molecule has 4 rings (SSSR count). The minimum absolute atomic E-state index is 0.0158. The fourth-order valence-corrected chi connectivity index (χ4v) is 4.21. The smallest absolute Gasteiger partial charge is 0.412 e. The van der Waals surface area contributed by atoms with E-state index in [9.17, 15) is 14.4 Å².